The number of anilines is 1. The van der Waals surface area contributed by atoms with Crippen molar-refractivity contribution < 1.29 is 9.90 Å². The van der Waals surface area contributed by atoms with Crippen LogP contribution in [-0.2, 0) is 0 Å². The molecule has 6 heteroatoms. The molecule has 0 saturated carbocycles. The highest BCUT2D eigenvalue weighted by Crippen LogP contribution is 2.29. The summed E-state index contributed by atoms with van der Waals surface area (Å²) in [5.74, 6) is 0. The zero-order valence-electron chi connectivity index (χ0n) is 14.3. The Labute approximate surface area is 142 Å². The maximum atomic E-state index is 12.1. The fourth-order valence-electron chi connectivity index (χ4n) is 2.73. The molecule has 6 nitrogen and oxygen atoms in total. The molecule has 2 amide bonds. The van der Waals surface area contributed by atoms with Crippen LogP contribution in [0.4, 0.5) is 10.5 Å². The number of aromatic nitrogens is 2. The number of para-hydroxylation sites is 1. The molecule has 0 spiro atoms. The third-order valence-corrected chi connectivity index (χ3v) is 4.63. The van der Waals surface area contributed by atoms with Gasteiger partial charge in [0.1, 0.15) is 0 Å². The number of hydrogen-bond acceptors (Lipinski definition) is 3. The van der Waals surface area contributed by atoms with E-state index in [1.807, 2.05) is 30.3 Å². The molecule has 2 rings (SSSR count). The van der Waals surface area contributed by atoms with E-state index in [4.69, 9.17) is 0 Å². The smallest absolute Gasteiger partial charge is 0.319 e. The largest absolute Gasteiger partial charge is 0.396 e. The summed E-state index contributed by atoms with van der Waals surface area (Å²) in [4.78, 5) is 12.1. The number of rotatable bonds is 8. The Morgan fingerprint density at radius 3 is 2.58 bits per heavy atom. The van der Waals surface area contributed by atoms with E-state index in [9.17, 15) is 9.90 Å². The highest BCUT2D eigenvalue weighted by Gasteiger charge is 2.26. The van der Waals surface area contributed by atoms with Crippen molar-refractivity contribution in [3.05, 3.63) is 42.7 Å². The average molecular weight is 330 g/mol. The first-order valence-electron chi connectivity index (χ1n) is 8.38. The van der Waals surface area contributed by atoms with Crippen LogP contribution in [0, 0.1) is 5.41 Å². The summed E-state index contributed by atoms with van der Waals surface area (Å²) in [6.07, 6.45) is 5.90. The summed E-state index contributed by atoms with van der Waals surface area (Å²) in [6.45, 7) is 4.85. The Kier molecular flexibility index (Phi) is 6.37. The van der Waals surface area contributed by atoms with Crippen molar-refractivity contribution in [2.24, 2.45) is 5.41 Å². The van der Waals surface area contributed by atoms with Crippen LogP contribution < -0.4 is 10.6 Å². The number of aliphatic hydroxyl groups excluding tert-OH is 1. The van der Waals surface area contributed by atoms with E-state index in [0.29, 0.717) is 18.7 Å². The number of aliphatic hydroxyl groups is 1. The lowest BCUT2D eigenvalue weighted by Crippen LogP contribution is -2.39. The number of urea groups is 1. The van der Waals surface area contributed by atoms with Gasteiger partial charge < -0.3 is 15.7 Å². The lowest BCUT2D eigenvalue weighted by atomic mass is 9.79. The Balaban J connectivity index is 1.92. The van der Waals surface area contributed by atoms with Gasteiger partial charge in [-0.25, -0.2) is 9.48 Å². The summed E-state index contributed by atoms with van der Waals surface area (Å²) < 4.78 is 1.71. The molecular weight excluding hydrogens is 304 g/mol. The second-order valence-electron chi connectivity index (χ2n) is 6.00. The van der Waals surface area contributed by atoms with Crippen LogP contribution in [0.1, 0.15) is 33.1 Å². The lowest BCUT2D eigenvalue weighted by molar-refractivity contribution is 0.165. The van der Waals surface area contributed by atoms with Crippen LogP contribution in [0.5, 0.6) is 0 Å². The predicted molar refractivity (Wildman–Crippen MR) is 95.3 cm³/mol. The highest BCUT2D eigenvalue weighted by molar-refractivity contribution is 5.88. The van der Waals surface area contributed by atoms with Crippen LogP contribution in [0.2, 0.25) is 0 Å². The fourth-order valence-corrected chi connectivity index (χ4v) is 2.73. The van der Waals surface area contributed by atoms with Crippen LogP contribution >= 0.6 is 0 Å². The van der Waals surface area contributed by atoms with Gasteiger partial charge >= 0.3 is 6.03 Å². The Bertz CT molecular complexity index is 635. The van der Waals surface area contributed by atoms with Gasteiger partial charge in [0, 0.05) is 13.2 Å². The summed E-state index contributed by atoms with van der Waals surface area (Å²) in [6, 6.07) is 9.46. The van der Waals surface area contributed by atoms with Crippen LogP contribution in [0.25, 0.3) is 5.69 Å². The molecule has 2 aromatic rings. The van der Waals surface area contributed by atoms with Gasteiger partial charge in [-0.3, -0.25) is 0 Å². The molecule has 0 atom stereocenters. The fraction of sp³-hybridized carbons (Fsp3) is 0.444. The molecule has 24 heavy (non-hydrogen) atoms. The zero-order chi connectivity index (χ0) is 17.4. The second-order valence-corrected chi connectivity index (χ2v) is 6.00. The Hall–Kier alpha value is -2.34. The molecule has 0 unspecified atom stereocenters. The van der Waals surface area contributed by atoms with E-state index in [1.165, 1.54) is 0 Å². The molecule has 0 aliphatic rings. The third-order valence-electron chi connectivity index (χ3n) is 4.63. The molecule has 0 fully saturated rings. The van der Waals surface area contributed by atoms with Gasteiger partial charge in [-0.05, 0) is 36.8 Å². The monoisotopic (exact) mass is 330 g/mol. The van der Waals surface area contributed by atoms with E-state index < -0.39 is 0 Å². The molecular formula is C18H26N4O2. The lowest BCUT2D eigenvalue weighted by Gasteiger charge is -2.31. The van der Waals surface area contributed by atoms with Gasteiger partial charge in [0.25, 0.3) is 0 Å². The van der Waals surface area contributed by atoms with Crippen molar-refractivity contribution in [3.8, 4) is 5.69 Å². The van der Waals surface area contributed by atoms with E-state index in [2.05, 4.69) is 29.6 Å². The number of nitrogens with one attached hydrogen (secondary N) is 2. The zero-order valence-corrected chi connectivity index (χ0v) is 14.3. The van der Waals surface area contributed by atoms with Crippen molar-refractivity contribution in [3.63, 3.8) is 0 Å². The summed E-state index contributed by atoms with van der Waals surface area (Å²) in [7, 11) is 0. The number of amides is 2. The molecule has 0 radical (unpaired) electrons. The van der Waals surface area contributed by atoms with Gasteiger partial charge in [0.15, 0.2) is 0 Å². The van der Waals surface area contributed by atoms with Crippen LogP contribution in [-0.4, -0.2) is 34.1 Å². The second kappa shape index (κ2) is 8.49. The Morgan fingerprint density at radius 2 is 1.96 bits per heavy atom. The maximum absolute atomic E-state index is 12.1. The van der Waals surface area contributed by atoms with E-state index in [-0.39, 0.29) is 18.1 Å². The minimum Gasteiger partial charge on any atom is -0.396 e. The molecule has 3 N–H and O–H groups in total. The molecule has 130 valence electrons. The Morgan fingerprint density at radius 1 is 1.25 bits per heavy atom. The van der Waals surface area contributed by atoms with E-state index in [0.717, 1.165) is 18.5 Å². The van der Waals surface area contributed by atoms with Gasteiger partial charge in [-0.2, -0.15) is 5.10 Å². The number of hydrogen-bond donors (Lipinski definition) is 3. The first-order chi connectivity index (χ1) is 11.6. The third kappa shape index (κ3) is 4.58. The molecule has 0 aliphatic carbocycles. The molecule has 1 aromatic carbocycles. The average Bonchev–Trinajstić information content (AvgIpc) is 3.08. The molecule has 0 saturated heterocycles. The first kappa shape index (κ1) is 18.0. The maximum Gasteiger partial charge on any atom is 0.319 e. The number of carbonyl (C=O) groups excluding carboxylic acids is 1. The van der Waals surface area contributed by atoms with Gasteiger partial charge in [0.05, 0.1) is 23.8 Å². The molecule has 1 heterocycles. The van der Waals surface area contributed by atoms with Gasteiger partial charge in [-0.1, -0.05) is 32.0 Å². The van der Waals surface area contributed by atoms with Crippen molar-refractivity contribution in [2.45, 2.75) is 33.1 Å². The molecule has 0 aliphatic heterocycles. The van der Waals surface area contributed by atoms with E-state index in [1.54, 1.807) is 17.1 Å². The number of nitrogens with zero attached hydrogens (tertiary/aromatic N) is 2. The predicted octanol–water partition coefficient (Wildman–Crippen LogP) is 3.18. The van der Waals surface area contributed by atoms with Crippen molar-refractivity contribution in [1.29, 1.82) is 0 Å². The van der Waals surface area contributed by atoms with Crippen LogP contribution in [0.15, 0.2) is 42.7 Å². The minimum atomic E-state index is -0.258. The van der Waals surface area contributed by atoms with Crippen molar-refractivity contribution in [1.82, 2.24) is 15.1 Å². The summed E-state index contributed by atoms with van der Waals surface area (Å²) in [5.41, 5.74) is 1.52. The van der Waals surface area contributed by atoms with Crippen LogP contribution in [0.3, 0.4) is 0 Å². The summed E-state index contributed by atoms with van der Waals surface area (Å²) in [5, 5.41) is 19.2. The molecule has 1 aromatic heterocycles. The van der Waals surface area contributed by atoms with Crippen molar-refractivity contribution in [2.75, 3.05) is 18.5 Å². The topological polar surface area (TPSA) is 79.2 Å². The number of carbonyl (C=O) groups is 1. The first-order valence-corrected chi connectivity index (χ1v) is 8.38. The number of benzene rings is 1. The summed E-state index contributed by atoms with van der Waals surface area (Å²) >= 11 is 0. The van der Waals surface area contributed by atoms with Gasteiger partial charge in [0.2, 0.25) is 0 Å². The normalized spacial score (nSPS) is 11.3. The minimum absolute atomic E-state index is 0.0552. The standard InChI is InChI=1S/C18H26N4O2/c1-3-18(4-2,10-11-23)14-19-17(24)21-15-12-20-22(13-15)16-8-6-5-7-9-16/h5-9,12-13,23H,3-4,10-11,14H2,1-2H3,(H2,19,21,24). The highest BCUT2D eigenvalue weighted by atomic mass is 16.3. The quantitative estimate of drug-likeness (QED) is 0.695. The van der Waals surface area contributed by atoms with E-state index >= 15 is 0 Å². The van der Waals surface area contributed by atoms with Gasteiger partial charge in [-0.15, -0.1) is 0 Å². The van der Waals surface area contributed by atoms with Crippen molar-refractivity contribution >= 4 is 11.7 Å². The molecule has 0 bridgehead atoms. The SMILES string of the molecule is CCC(CC)(CCO)CNC(=O)Nc1cnn(-c2ccccc2)c1.